The third-order valence-electron chi connectivity index (χ3n) is 5.71. The second-order valence-electron chi connectivity index (χ2n) is 8.22. The fourth-order valence-corrected chi connectivity index (χ4v) is 5.24. The van der Waals surface area contributed by atoms with Crippen LogP contribution in [0.5, 0.6) is 5.75 Å². The molecule has 0 amide bonds. The third-order valence-corrected chi connectivity index (χ3v) is 7.28. The fraction of sp³-hybridized carbons (Fsp3) is 0.455. The highest BCUT2D eigenvalue weighted by atomic mass is 31.2. The average molecular weight is 521 g/mol. The van der Waals surface area contributed by atoms with Gasteiger partial charge in [0.1, 0.15) is 35.2 Å². The van der Waals surface area contributed by atoms with Crippen LogP contribution < -0.4 is 21.0 Å². The molecule has 36 heavy (non-hydrogen) atoms. The maximum Gasteiger partial charge on any atom is 0.459 e. The van der Waals surface area contributed by atoms with E-state index in [2.05, 4.69) is 10.1 Å². The van der Waals surface area contributed by atoms with Gasteiger partial charge in [0.25, 0.3) is 0 Å². The maximum atomic E-state index is 13.7. The van der Waals surface area contributed by atoms with E-state index in [1.807, 2.05) is 6.07 Å². The van der Waals surface area contributed by atoms with Crippen molar-refractivity contribution in [2.24, 2.45) is 5.41 Å². The van der Waals surface area contributed by atoms with Crippen molar-refractivity contribution in [1.29, 1.82) is 5.26 Å². The second-order valence-corrected chi connectivity index (χ2v) is 9.91. The molecule has 6 atom stereocenters. The standard InChI is InChI=1S/C22H28N5O8P/c1-4-15(19(29)32-3)26-36(31,35-14-8-6-5-7-9-14)33-12-16-18(28)22(2,13-23)20(34-16)27-11-10-17(24)25-21(27)30/h5-11,15-16,18,20,28H,4,12H2,1-3H3,(H,26,31)(H2,24,25,30)/t15-,16+,18+,20+,22+,36?/m0/s1. The summed E-state index contributed by atoms with van der Waals surface area (Å²) in [5.74, 6) is -0.503. The Bertz CT molecular complexity index is 1220. The molecule has 4 N–H and O–H groups in total. The lowest BCUT2D eigenvalue weighted by atomic mass is 9.84. The summed E-state index contributed by atoms with van der Waals surface area (Å²) in [5.41, 5.74) is 3.17. The number of methoxy groups -OCH3 is 1. The van der Waals surface area contributed by atoms with Crippen LogP contribution in [0.15, 0.2) is 47.4 Å². The molecule has 13 nitrogen and oxygen atoms in total. The summed E-state index contributed by atoms with van der Waals surface area (Å²) in [7, 11) is -3.05. The van der Waals surface area contributed by atoms with Crippen LogP contribution in [0.2, 0.25) is 0 Å². The molecule has 0 radical (unpaired) electrons. The van der Waals surface area contributed by atoms with Crippen LogP contribution in [-0.2, 0) is 23.4 Å². The number of rotatable bonds is 10. The van der Waals surface area contributed by atoms with E-state index in [4.69, 9.17) is 24.3 Å². The van der Waals surface area contributed by atoms with Gasteiger partial charge in [-0.3, -0.25) is 13.9 Å². The largest absolute Gasteiger partial charge is 0.468 e. The summed E-state index contributed by atoms with van der Waals surface area (Å²) in [6.07, 6.45) is -2.38. The minimum atomic E-state index is -4.24. The molecule has 1 saturated heterocycles. The maximum absolute atomic E-state index is 13.7. The summed E-state index contributed by atoms with van der Waals surface area (Å²) in [6.45, 7) is 2.57. The molecule has 1 aromatic heterocycles. The van der Waals surface area contributed by atoms with Gasteiger partial charge in [-0.25, -0.2) is 9.36 Å². The van der Waals surface area contributed by atoms with E-state index in [0.29, 0.717) is 0 Å². The first-order valence-electron chi connectivity index (χ1n) is 11.0. The lowest BCUT2D eigenvalue weighted by molar-refractivity contribution is -0.142. The van der Waals surface area contributed by atoms with Gasteiger partial charge in [-0.2, -0.15) is 15.3 Å². The molecule has 0 spiro atoms. The zero-order chi connectivity index (χ0) is 26.5. The van der Waals surface area contributed by atoms with Crippen molar-refractivity contribution < 1.29 is 33.0 Å². The molecule has 1 aliphatic rings. The number of benzene rings is 1. The molecule has 1 unspecified atom stereocenters. The van der Waals surface area contributed by atoms with Gasteiger partial charge in [0.15, 0.2) is 6.23 Å². The van der Waals surface area contributed by atoms with E-state index in [1.165, 1.54) is 26.3 Å². The molecule has 0 aliphatic carbocycles. The Hall–Kier alpha value is -3.27. The average Bonchev–Trinajstić information content (AvgIpc) is 3.12. The Kier molecular flexibility index (Phi) is 8.50. The van der Waals surface area contributed by atoms with Crippen molar-refractivity contribution >= 4 is 19.5 Å². The monoisotopic (exact) mass is 521 g/mol. The van der Waals surface area contributed by atoms with E-state index in [1.54, 1.807) is 37.3 Å². The number of carbonyl (C=O) groups excluding carboxylic acids is 1. The Morgan fingerprint density at radius 3 is 2.69 bits per heavy atom. The van der Waals surface area contributed by atoms with Crippen molar-refractivity contribution in [2.75, 3.05) is 19.5 Å². The number of nitriles is 1. The van der Waals surface area contributed by atoms with Crippen LogP contribution in [-0.4, -0.2) is 52.6 Å². The molecular formula is C22H28N5O8P. The van der Waals surface area contributed by atoms with E-state index < -0.39 is 55.9 Å². The van der Waals surface area contributed by atoms with Gasteiger partial charge in [0.2, 0.25) is 0 Å². The Labute approximate surface area is 207 Å². The number of hydrogen-bond acceptors (Lipinski definition) is 11. The molecule has 3 rings (SSSR count). The highest BCUT2D eigenvalue weighted by Crippen LogP contribution is 2.49. The number of carbonyl (C=O) groups is 1. The van der Waals surface area contributed by atoms with Crippen molar-refractivity contribution in [1.82, 2.24) is 14.6 Å². The summed E-state index contributed by atoms with van der Waals surface area (Å²) in [4.78, 5) is 28.1. The van der Waals surface area contributed by atoms with Gasteiger partial charge in [-0.1, -0.05) is 25.1 Å². The van der Waals surface area contributed by atoms with Crippen LogP contribution in [0.4, 0.5) is 5.82 Å². The molecule has 1 aliphatic heterocycles. The summed E-state index contributed by atoms with van der Waals surface area (Å²) in [6, 6.07) is 10.4. The summed E-state index contributed by atoms with van der Waals surface area (Å²) >= 11 is 0. The molecule has 1 fully saturated rings. The number of nitrogens with zero attached hydrogens (tertiary/aromatic N) is 3. The number of esters is 1. The number of aliphatic hydroxyl groups is 1. The number of hydrogen-bond donors (Lipinski definition) is 3. The normalized spacial score (nSPS) is 25.9. The van der Waals surface area contributed by atoms with Gasteiger partial charge >= 0.3 is 19.4 Å². The topological polar surface area (TPSA) is 188 Å². The Balaban J connectivity index is 1.86. The quantitative estimate of drug-likeness (QED) is 0.301. The zero-order valence-electron chi connectivity index (χ0n) is 19.9. The molecule has 194 valence electrons. The van der Waals surface area contributed by atoms with Crippen LogP contribution in [0, 0.1) is 16.7 Å². The van der Waals surface area contributed by atoms with Crippen LogP contribution in [0.3, 0.4) is 0 Å². The smallest absolute Gasteiger partial charge is 0.459 e. The number of para-hydroxylation sites is 1. The van der Waals surface area contributed by atoms with E-state index in [9.17, 15) is 24.5 Å². The number of nitrogens with one attached hydrogen (secondary N) is 1. The van der Waals surface area contributed by atoms with E-state index >= 15 is 0 Å². The molecule has 2 heterocycles. The van der Waals surface area contributed by atoms with Gasteiger partial charge in [0, 0.05) is 6.20 Å². The minimum absolute atomic E-state index is 0.0190. The van der Waals surface area contributed by atoms with Crippen molar-refractivity contribution in [3.05, 3.63) is 53.1 Å². The number of anilines is 1. The fourth-order valence-electron chi connectivity index (χ4n) is 3.65. The van der Waals surface area contributed by atoms with Gasteiger partial charge in [-0.15, -0.1) is 0 Å². The molecule has 0 saturated carbocycles. The van der Waals surface area contributed by atoms with Gasteiger partial charge in [0.05, 0.1) is 19.8 Å². The SMILES string of the molecule is CC[C@H](NP(=O)(OC[C@H]1O[C@@H](n2ccc(N)nc2=O)[C@](C)(C#N)[C@@H]1O)Oc1ccccc1)C(=O)OC. The van der Waals surface area contributed by atoms with E-state index in [0.717, 1.165) is 4.57 Å². The molecule has 14 heteroatoms. The Morgan fingerprint density at radius 2 is 2.11 bits per heavy atom. The van der Waals surface area contributed by atoms with Crippen molar-refractivity contribution in [2.45, 2.75) is 44.7 Å². The molecule has 2 aromatic rings. The summed E-state index contributed by atoms with van der Waals surface area (Å²) < 4.78 is 36.4. The first kappa shape index (κ1) is 27.3. The number of aliphatic hydroxyl groups excluding tert-OH is 1. The van der Waals surface area contributed by atoms with Crippen LogP contribution in [0.1, 0.15) is 26.5 Å². The second kappa shape index (κ2) is 11.2. The minimum Gasteiger partial charge on any atom is -0.468 e. The lowest BCUT2D eigenvalue weighted by Crippen LogP contribution is -2.40. The predicted molar refractivity (Wildman–Crippen MR) is 126 cm³/mol. The first-order chi connectivity index (χ1) is 17.1. The predicted octanol–water partition coefficient (Wildman–Crippen LogP) is 1.36. The third kappa shape index (κ3) is 5.75. The summed E-state index contributed by atoms with van der Waals surface area (Å²) in [5, 5.41) is 23.3. The van der Waals surface area contributed by atoms with Crippen LogP contribution >= 0.6 is 7.75 Å². The number of ether oxygens (including phenoxy) is 2. The van der Waals surface area contributed by atoms with Gasteiger partial charge in [-0.05, 0) is 31.5 Å². The highest BCUT2D eigenvalue weighted by molar-refractivity contribution is 7.52. The number of nitrogens with two attached hydrogens (primary N) is 1. The van der Waals surface area contributed by atoms with Gasteiger partial charge < -0.3 is 24.8 Å². The van der Waals surface area contributed by atoms with Crippen molar-refractivity contribution in [3.8, 4) is 11.8 Å². The molecule has 1 aromatic carbocycles. The first-order valence-corrected chi connectivity index (χ1v) is 12.6. The number of nitrogen functional groups attached to an aromatic ring is 1. The number of aromatic nitrogens is 2. The van der Waals surface area contributed by atoms with Crippen molar-refractivity contribution in [3.63, 3.8) is 0 Å². The Morgan fingerprint density at radius 1 is 1.42 bits per heavy atom. The van der Waals surface area contributed by atoms with Crippen LogP contribution in [0.25, 0.3) is 0 Å². The zero-order valence-corrected chi connectivity index (χ0v) is 20.8. The molecular weight excluding hydrogens is 493 g/mol. The molecule has 0 bridgehead atoms. The lowest BCUT2D eigenvalue weighted by Gasteiger charge is -2.26. The highest BCUT2D eigenvalue weighted by Gasteiger charge is 2.55. The van der Waals surface area contributed by atoms with E-state index in [-0.39, 0.29) is 18.0 Å².